The average molecular weight is 289 g/mol. The number of hydrogen-bond donors (Lipinski definition) is 1. The van der Waals surface area contributed by atoms with E-state index in [0.717, 1.165) is 12.8 Å². The van der Waals surface area contributed by atoms with Crippen LogP contribution in [0.15, 0.2) is 0 Å². The molecule has 4 atom stereocenters. The van der Waals surface area contributed by atoms with E-state index >= 15 is 0 Å². The van der Waals surface area contributed by atoms with Gasteiger partial charge in [-0.1, -0.05) is 13.8 Å². The van der Waals surface area contributed by atoms with Gasteiger partial charge in [-0.05, 0) is 19.8 Å². The lowest BCUT2D eigenvalue weighted by molar-refractivity contribution is -0.167. The van der Waals surface area contributed by atoms with Crippen LogP contribution >= 0.6 is 0 Å². The fraction of sp³-hybridized carbons (Fsp3) is 0.929. The van der Waals surface area contributed by atoms with Crippen molar-refractivity contribution in [2.24, 2.45) is 5.73 Å². The molecule has 1 rings (SSSR count). The maximum atomic E-state index is 11.7. The Bertz CT molecular complexity index is 287. The lowest BCUT2D eigenvalue weighted by atomic mass is 10.1. The van der Waals surface area contributed by atoms with Crippen molar-refractivity contribution < 1.29 is 23.7 Å². The molecule has 0 bridgehead atoms. The number of carbonyl (C=O) groups excluding carboxylic acids is 1. The summed E-state index contributed by atoms with van der Waals surface area (Å²) in [7, 11) is 0. The summed E-state index contributed by atoms with van der Waals surface area (Å²) in [4.78, 5) is 11.7. The molecule has 118 valence electrons. The molecule has 2 N–H and O–H groups in total. The van der Waals surface area contributed by atoms with E-state index in [0.29, 0.717) is 19.8 Å². The third kappa shape index (κ3) is 5.36. The Morgan fingerprint density at radius 3 is 2.50 bits per heavy atom. The van der Waals surface area contributed by atoms with E-state index in [4.69, 9.17) is 24.7 Å². The Morgan fingerprint density at radius 1 is 1.20 bits per heavy atom. The second kappa shape index (κ2) is 9.28. The summed E-state index contributed by atoms with van der Waals surface area (Å²) in [5.41, 5.74) is 5.69. The van der Waals surface area contributed by atoms with Crippen LogP contribution in [0.3, 0.4) is 0 Å². The first-order valence-corrected chi connectivity index (χ1v) is 7.37. The van der Waals surface area contributed by atoms with Crippen molar-refractivity contribution in [2.45, 2.75) is 58.0 Å². The van der Waals surface area contributed by atoms with Crippen LogP contribution in [0.4, 0.5) is 0 Å². The van der Waals surface area contributed by atoms with Crippen molar-refractivity contribution in [2.75, 3.05) is 26.4 Å². The number of hydrogen-bond acceptors (Lipinski definition) is 6. The van der Waals surface area contributed by atoms with Gasteiger partial charge >= 0.3 is 5.97 Å². The maximum absolute atomic E-state index is 11.7. The van der Waals surface area contributed by atoms with E-state index in [9.17, 15) is 4.79 Å². The van der Waals surface area contributed by atoms with Gasteiger partial charge < -0.3 is 24.7 Å². The van der Waals surface area contributed by atoms with E-state index in [2.05, 4.69) is 0 Å². The SMILES string of the molecule is CCCO[C@H]1[C@H](C)OC(=O)[C@@H](N)COC[C@@H]1OCCC. The first kappa shape index (κ1) is 17.4. The van der Waals surface area contributed by atoms with E-state index in [1.54, 1.807) is 6.92 Å². The summed E-state index contributed by atoms with van der Waals surface area (Å²) in [5.74, 6) is -0.460. The first-order valence-electron chi connectivity index (χ1n) is 7.37. The van der Waals surface area contributed by atoms with Gasteiger partial charge in [0.25, 0.3) is 0 Å². The van der Waals surface area contributed by atoms with Crippen LogP contribution in [-0.4, -0.2) is 56.8 Å². The van der Waals surface area contributed by atoms with Crippen molar-refractivity contribution in [3.63, 3.8) is 0 Å². The minimum absolute atomic E-state index is 0.137. The number of carbonyl (C=O) groups is 1. The highest BCUT2D eigenvalue weighted by Gasteiger charge is 2.34. The van der Waals surface area contributed by atoms with E-state index in [-0.39, 0.29) is 18.8 Å². The second-order valence-electron chi connectivity index (χ2n) is 5.03. The molecule has 1 saturated heterocycles. The summed E-state index contributed by atoms with van der Waals surface area (Å²) in [6.07, 6.45) is 0.789. The molecule has 1 fully saturated rings. The van der Waals surface area contributed by atoms with Gasteiger partial charge in [-0.3, -0.25) is 4.79 Å². The van der Waals surface area contributed by atoms with Gasteiger partial charge in [-0.25, -0.2) is 0 Å². The van der Waals surface area contributed by atoms with Crippen LogP contribution in [-0.2, 0) is 23.7 Å². The van der Waals surface area contributed by atoms with Gasteiger partial charge in [0.15, 0.2) is 0 Å². The number of nitrogens with two attached hydrogens (primary N) is 1. The van der Waals surface area contributed by atoms with Crippen LogP contribution < -0.4 is 5.73 Å². The van der Waals surface area contributed by atoms with Crippen LogP contribution in [0.2, 0.25) is 0 Å². The highest BCUT2D eigenvalue weighted by atomic mass is 16.6. The fourth-order valence-corrected chi connectivity index (χ4v) is 2.02. The molecule has 0 aromatic heterocycles. The standard InChI is InChI=1S/C14H27NO5/c1-4-6-18-12-9-17-8-11(15)14(16)20-10(3)13(12)19-7-5-2/h10-13H,4-9,15H2,1-3H3/t10-,11-,12-,13-/m0/s1. The third-order valence-electron chi connectivity index (χ3n) is 3.06. The molecule has 20 heavy (non-hydrogen) atoms. The molecular formula is C14H27NO5. The molecule has 1 aliphatic heterocycles. The molecule has 0 aliphatic carbocycles. The van der Waals surface area contributed by atoms with Crippen molar-refractivity contribution in [3.8, 4) is 0 Å². The van der Waals surface area contributed by atoms with Crippen molar-refractivity contribution >= 4 is 5.97 Å². The van der Waals surface area contributed by atoms with Crippen LogP contribution in [0.25, 0.3) is 0 Å². The molecule has 0 amide bonds. The molecule has 0 aromatic carbocycles. The predicted molar refractivity (Wildman–Crippen MR) is 74.4 cm³/mol. The molecule has 0 radical (unpaired) electrons. The summed E-state index contributed by atoms with van der Waals surface area (Å²) < 4.78 is 22.4. The summed E-state index contributed by atoms with van der Waals surface area (Å²) in [5, 5.41) is 0. The lowest BCUT2D eigenvalue weighted by Crippen LogP contribution is -2.44. The van der Waals surface area contributed by atoms with Crippen LogP contribution in [0.1, 0.15) is 33.6 Å². The minimum atomic E-state index is -0.755. The quantitative estimate of drug-likeness (QED) is 0.731. The van der Waals surface area contributed by atoms with Crippen molar-refractivity contribution in [1.29, 1.82) is 0 Å². The Kier molecular flexibility index (Phi) is 8.06. The molecular weight excluding hydrogens is 262 g/mol. The van der Waals surface area contributed by atoms with Gasteiger partial charge in [-0.2, -0.15) is 0 Å². The number of cyclic esters (lactones) is 1. The molecule has 1 aliphatic rings. The molecule has 6 heteroatoms. The maximum Gasteiger partial charge on any atom is 0.325 e. The minimum Gasteiger partial charge on any atom is -0.459 e. The van der Waals surface area contributed by atoms with E-state index < -0.39 is 18.1 Å². The van der Waals surface area contributed by atoms with Gasteiger partial charge in [0, 0.05) is 13.2 Å². The highest BCUT2D eigenvalue weighted by Crippen LogP contribution is 2.16. The van der Waals surface area contributed by atoms with Gasteiger partial charge in [0.1, 0.15) is 24.4 Å². The summed E-state index contributed by atoms with van der Waals surface area (Å²) in [6.45, 7) is 7.56. The normalized spacial score (nSPS) is 32.1. The van der Waals surface area contributed by atoms with Crippen molar-refractivity contribution in [1.82, 2.24) is 0 Å². The number of rotatable bonds is 6. The zero-order valence-electron chi connectivity index (χ0n) is 12.7. The molecule has 0 unspecified atom stereocenters. The Hall–Kier alpha value is -0.690. The summed E-state index contributed by atoms with van der Waals surface area (Å²) >= 11 is 0. The van der Waals surface area contributed by atoms with E-state index in [1.807, 2.05) is 13.8 Å². The highest BCUT2D eigenvalue weighted by molar-refractivity contribution is 5.75. The summed E-state index contributed by atoms with van der Waals surface area (Å²) in [6, 6.07) is -0.755. The molecule has 0 saturated carbocycles. The Labute approximate surface area is 120 Å². The van der Waals surface area contributed by atoms with Gasteiger partial charge in [-0.15, -0.1) is 0 Å². The van der Waals surface area contributed by atoms with Crippen LogP contribution in [0.5, 0.6) is 0 Å². The van der Waals surface area contributed by atoms with Crippen LogP contribution in [0, 0.1) is 0 Å². The first-order chi connectivity index (χ1) is 9.60. The second-order valence-corrected chi connectivity index (χ2v) is 5.03. The van der Waals surface area contributed by atoms with Crippen molar-refractivity contribution in [3.05, 3.63) is 0 Å². The third-order valence-corrected chi connectivity index (χ3v) is 3.06. The topological polar surface area (TPSA) is 80.0 Å². The molecule has 0 spiro atoms. The fourth-order valence-electron chi connectivity index (χ4n) is 2.02. The smallest absolute Gasteiger partial charge is 0.325 e. The van der Waals surface area contributed by atoms with E-state index in [1.165, 1.54) is 0 Å². The average Bonchev–Trinajstić information content (AvgIpc) is 2.47. The Balaban J connectivity index is 2.76. The molecule has 6 nitrogen and oxygen atoms in total. The van der Waals surface area contributed by atoms with Gasteiger partial charge in [0.2, 0.25) is 0 Å². The lowest BCUT2D eigenvalue weighted by Gasteiger charge is -2.30. The largest absolute Gasteiger partial charge is 0.459 e. The molecule has 0 aromatic rings. The molecule has 1 heterocycles. The zero-order valence-corrected chi connectivity index (χ0v) is 12.7. The van der Waals surface area contributed by atoms with Gasteiger partial charge in [0.05, 0.1) is 13.2 Å². The number of esters is 1. The number of ether oxygens (including phenoxy) is 4. The predicted octanol–water partition coefficient (Wildman–Crippen LogP) is 0.866. The zero-order chi connectivity index (χ0) is 15.0. The Morgan fingerprint density at radius 2 is 1.85 bits per heavy atom. The monoisotopic (exact) mass is 289 g/mol.